The number of hydrogen-bond acceptors (Lipinski definition) is 2. The Morgan fingerprint density at radius 3 is 3.10 bits per heavy atom. The molecule has 1 heterocycles. The van der Waals surface area contributed by atoms with Gasteiger partial charge in [0.2, 0.25) is 0 Å². The lowest BCUT2D eigenvalue weighted by Crippen LogP contribution is -2.11. The Kier molecular flexibility index (Phi) is 2.04. The summed E-state index contributed by atoms with van der Waals surface area (Å²) in [5.41, 5.74) is 5.45. The van der Waals surface area contributed by atoms with E-state index in [0.717, 1.165) is 6.42 Å². The first-order valence-corrected chi connectivity index (χ1v) is 3.16. The van der Waals surface area contributed by atoms with Gasteiger partial charge in [-0.25, -0.2) is 0 Å². The van der Waals surface area contributed by atoms with Crippen LogP contribution in [0.4, 0.5) is 0 Å². The molecule has 4 nitrogen and oxygen atoms in total. The zero-order valence-electron chi connectivity index (χ0n) is 5.86. The minimum atomic E-state index is 0.587. The maximum absolute atomic E-state index is 5.45. The molecule has 0 aliphatic rings. The minimum absolute atomic E-state index is 0.587. The van der Waals surface area contributed by atoms with Crippen LogP contribution < -0.4 is 5.73 Å². The Balaban J connectivity index is 2.71. The lowest BCUT2D eigenvalue weighted by atomic mass is 10.5. The van der Waals surface area contributed by atoms with E-state index in [1.807, 2.05) is 6.92 Å². The average Bonchev–Trinajstić information content (AvgIpc) is 2.40. The van der Waals surface area contributed by atoms with Gasteiger partial charge < -0.3 is 5.73 Å². The number of nitrogens with two attached hydrogens (primary N) is 1. The van der Waals surface area contributed by atoms with Crippen molar-refractivity contribution in [3.05, 3.63) is 18.5 Å². The van der Waals surface area contributed by atoms with Crippen molar-refractivity contribution in [3.63, 3.8) is 0 Å². The van der Waals surface area contributed by atoms with Crippen LogP contribution in [0.3, 0.4) is 0 Å². The van der Waals surface area contributed by atoms with Gasteiger partial charge in [0.05, 0.1) is 12.4 Å². The van der Waals surface area contributed by atoms with E-state index in [-0.39, 0.29) is 0 Å². The lowest BCUT2D eigenvalue weighted by Gasteiger charge is -1.93. The van der Waals surface area contributed by atoms with Crippen molar-refractivity contribution < 1.29 is 0 Å². The molecule has 0 saturated heterocycles. The monoisotopic (exact) mass is 138 g/mol. The highest BCUT2D eigenvalue weighted by Crippen LogP contribution is 1.84. The molecule has 0 radical (unpaired) electrons. The second-order valence-corrected chi connectivity index (χ2v) is 1.87. The summed E-state index contributed by atoms with van der Waals surface area (Å²) in [6.45, 7) is 1.95. The second kappa shape index (κ2) is 3.00. The Bertz CT molecular complexity index is 212. The SMILES string of the molecule is CCC(N)=Nn1cccn1. The number of rotatable bonds is 2. The Morgan fingerprint density at radius 2 is 2.60 bits per heavy atom. The van der Waals surface area contributed by atoms with E-state index in [9.17, 15) is 0 Å². The van der Waals surface area contributed by atoms with Crippen molar-refractivity contribution in [3.8, 4) is 0 Å². The molecule has 0 spiro atoms. The molecule has 0 aromatic carbocycles. The molecule has 54 valence electrons. The van der Waals surface area contributed by atoms with Crippen LogP contribution >= 0.6 is 0 Å². The van der Waals surface area contributed by atoms with Gasteiger partial charge >= 0.3 is 0 Å². The van der Waals surface area contributed by atoms with Crippen molar-refractivity contribution in [2.75, 3.05) is 0 Å². The van der Waals surface area contributed by atoms with Gasteiger partial charge in [0, 0.05) is 6.42 Å². The normalized spacial score (nSPS) is 11.9. The van der Waals surface area contributed by atoms with Crippen molar-refractivity contribution in [2.45, 2.75) is 13.3 Å². The van der Waals surface area contributed by atoms with Crippen molar-refractivity contribution in [1.82, 2.24) is 9.89 Å². The molecule has 0 amide bonds. The first-order chi connectivity index (χ1) is 4.83. The molecule has 1 aromatic heterocycles. The van der Waals surface area contributed by atoms with Crippen LogP contribution in [0.2, 0.25) is 0 Å². The zero-order valence-corrected chi connectivity index (χ0v) is 5.86. The molecule has 4 heteroatoms. The number of nitrogens with zero attached hydrogens (tertiary/aromatic N) is 3. The number of hydrogen-bond donors (Lipinski definition) is 1. The molecule has 2 N–H and O–H groups in total. The molecular formula is C6H10N4. The second-order valence-electron chi connectivity index (χ2n) is 1.87. The maximum Gasteiger partial charge on any atom is 0.122 e. The van der Waals surface area contributed by atoms with E-state index in [1.165, 1.54) is 4.79 Å². The smallest absolute Gasteiger partial charge is 0.122 e. The summed E-state index contributed by atoms with van der Waals surface area (Å²) < 4.78 is 0. The van der Waals surface area contributed by atoms with Gasteiger partial charge in [0.25, 0.3) is 0 Å². The van der Waals surface area contributed by atoms with Crippen molar-refractivity contribution >= 4 is 5.84 Å². The van der Waals surface area contributed by atoms with E-state index < -0.39 is 0 Å². The highest BCUT2D eigenvalue weighted by Gasteiger charge is 1.86. The van der Waals surface area contributed by atoms with Crippen molar-refractivity contribution in [2.24, 2.45) is 10.8 Å². The quantitative estimate of drug-likeness (QED) is 0.475. The van der Waals surface area contributed by atoms with Gasteiger partial charge in [-0.15, -0.1) is 5.10 Å². The van der Waals surface area contributed by atoms with Gasteiger partial charge in [-0.1, -0.05) is 6.92 Å². The fraction of sp³-hybridized carbons (Fsp3) is 0.333. The third-order valence-corrected chi connectivity index (χ3v) is 1.08. The van der Waals surface area contributed by atoms with Crippen LogP contribution in [0.1, 0.15) is 13.3 Å². The summed E-state index contributed by atoms with van der Waals surface area (Å²) in [5, 5.41) is 7.79. The third kappa shape index (κ3) is 1.58. The fourth-order valence-corrected chi connectivity index (χ4v) is 0.522. The molecular weight excluding hydrogens is 128 g/mol. The van der Waals surface area contributed by atoms with Crippen LogP contribution in [-0.4, -0.2) is 15.7 Å². The summed E-state index contributed by atoms with van der Waals surface area (Å²) in [7, 11) is 0. The summed E-state index contributed by atoms with van der Waals surface area (Å²) >= 11 is 0. The molecule has 0 saturated carbocycles. The Labute approximate surface area is 59.3 Å². The van der Waals surface area contributed by atoms with Crippen LogP contribution in [0.25, 0.3) is 0 Å². The number of amidine groups is 1. The standard InChI is InChI=1S/C6H10N4/c1-2-6(7)9-10-5-3-4-8-10/h3-5H,2H2,1H3,(H2,7,9). The molecule has 0 aliphatic heterocycles. The summed E-state index contributed by atoms with van der Waals surface area (Å²) in [5.74, 6) is 0.587. The predicted octanol–water partition coefficient (Wildman–Crippen LogP) is 0.413. The van der Waals surface area contributed by atoms with Gasteiger partial charge in [0.15, 0.2) is 0 Å². The molecule has 10 heavy (non-hydrogen) atoms. The summed E-state index contributed by atoms with van der Waals surface area (Å²) in [4.78, 5) is 1.44. The highest BCUT2D eigenvalue weighted by molar-refractivity contribution is 5.79. The average molecular weight is 138 g/mol. The maximum atomic E-state index is 5.45. The molecule has 0 atom stereocenters. The highest BCUT2D eigenvalue weighted by atomic mass is 15.5. The topological polar surface area (TPSA) is 56.2 Å². The van der Waals surface area contributed by atoms with Crippen LogP contribution in [0.5, 0.6) is 0 Å². The first kappa shape index (κ1) is 6.80. The molecule has 1 aromatic rings. The molecule has 0 aliphatic carbocycles. The number of aromatic nitrogens is 2. The third-order valence-electron chi connectivity index (χ3n) is 1.08. The van der Waals surface area contributed by atoms with E-state index >= 15 is 0 Å². The van der Waals surface area contributed by atoms with Crippen LogP contribution in [-0.2, 0) is 0 Å². The van der Waals surface area contributed by atoms with E-state index in [0.29, 0.717) is 5.84 Å². The zero-order chi connectivity index (χ0) is 7.40. The molecule has 1 rings (SSSR count). The van der Waals surface area contributed by atoms with Gasteiger partial charge in [0.1, 0.15) is 5.84 Å². The van der Waals surface area contributed by atoms with Crippen LogP contribution in [0.15, 0.2) is 23.6 Å². The first-order valence-electron chi connectivity index (χ1n) is 3.16. The fourth-order valence-electron chi connectivity index (χ4n) is 0.522. The molecule has 0 unspecified atom stereocenters. The van der Waals surface area contributed by atoms with Crippen LogP contribution in [0, 0.1) is 0 Å². The van der Waals surface area contributed by atoms with E-state index in [2.05, 4.69) is 10.2 Å². The van der Waals surface area contributed by atoms with Crippen molar-refractivity contribution in [1.29, 1.82) is 0 Å². The largest absolute Gasteiger partial charge is 0.386 e. The van der Waals surface area contributed by atoms with Gasteiger partial charge in [-0.3, -0.25) is 0 Å². The summed E-state index contributed by atoms with van der Waals surface area (Å²) in [6.07, 6.45) is 4.15. The van der Waals surface area contributed by atoms with Gasteiger partial charge in [-0.05, 0) is 6.07 Å². The minimum Gasteiger partial charge on any atom is -0.386 e. The lowest BCUT2D eigenvalue weighted by molar-refractivity contribution is 0.735. The molecule has 0 fully saturated rings. The Hall–Kier alpha value is -1.32. The summed E-state index contributed by atoms with van der Waals surface area (Å²) in [6, 6.07) is 1.80. The van der Waals surface area contributed by atoms with Gasteiger partial charge in [-0.2, -0.15) is 9.89 Å². The van der Waals surface area contributed by atoms with E-state index in [4.69, 9.17) is 5.73 Å². The molecule has 0 bridgehead atoms. The Morgan fingerprint density at radius 1 is 1.80 bits per heavy atom. The predicted molar refractivity (Wildman–Crippen MR) is 39.5 cm³/mol. The van der Waals surface area contributed by atoms with E-state index in [1.54, 1.807) is 18.5 Å².